The van der Waals surface area contributed by atoms with Gasteiger partial charge >= 0.3 is 0 Å². The number of hydrogen-bond donors (Lipinski definition) is 0. The maximum atomic E-state index is 9.46. The monoisotopic (exact) mass is 368 g/mol. The fourth-order valence-corrected chi connectivity index (χ4v) is 3.23. The molecule has 1 saturated heterocycles. The summed E-state index contributed by atoms with van der Waals surface area (Å²) in [4.78, 5) is 9.31. The molecule has 1 aromatic carbocycles. The Kier molecular flexibility index (Phi) is 7.20. The summed E-state index contributed by atoms with van der Waals surface area (Å²) in [5.74, 6) is 0.847. The van der Waals surface area contributed by atoms with E-state index in [0.717, 1.165) is 49.8 Å². The Labute approximate surface area is 162 Å². The molecule has 1 aliphatic heterocycles. The molecule has 26 heavy (non-hydrogen) atoms. The van der Waals surface area contributed by atoms with Crippen LogP contribution < -0.4 is 4.90 Å². The van der Waals surface area contributed by atoms with E-state index in [1.807, 2.05) is 26.0 Å². The number of nitriles is 1. The van der Waals surface area contributed by atoms with Crippen molar-refractivity contribution in [1.29, 1.82) is 5.26 Å². The minimum absolute atomic E-state index is 0. The molecule has 5 heteroatoms. The fraction of sp³-hybridized carbons (Fsp3) is 0.333. The Morgan fingerprint density at radius 2 is 1.81 bits per heavy atom. The van der Waals surface area contributed by atoms with Gasteiger partial charge in [0.05, 0.1) is 5.56 Å². The van der Waals surface area contributed by atoms with Gasteiger partial charge in [-0.1, -0.05) is 42.5 Å². The van der Waals surface area contributed by atoms with E-state index in [4.69, 9.17) is 0 Å². The van der Waals surface area contributed by atoms with Crippen molar-refractivity contribution >= 4 is 24.3 Å². The lowest BCUT2D eigenvalue weighted by Gasteiger charge is -2.35. The standard InChI is InChI=1S/C21H24N4.ClH/c1-17-15-18(2)23-21(20(17)16-22)25-13-11-24(12-14-25)10-6-9-19-7-4-3-5-8-19;/h3-9,15H,10-14H2,1-2H3;1H. The van der Waals surface area contributed by atoms with Gasteiger partial charge < -0.3 is 4.90 Å². The van der Waals surface area contributed by atoms with Crippen molar-refractivity contribution in [1.82, 2.24) is 9.88 Å². The van der Waals surface area contributed by atoms with Crippen LogP contribution in [0, 0.1) is 25.2 Å². The lowest BCUT2D eigenvalue weighted by Crippen LogP contribution is -2.47. The van der Waals surface area contributed by atoms with Gasteiger partial charge in [-0.2, -0.15) is 5.26 Å². The molecule has 0 N–H and O–H groups in total. The van der Waals surface area contributed by atoms with Gasteiger partial charge in [0.25, 0.3) is 0 Å². The Hall–Kier alpha value is -2.35. The van der Waals surface area contributed by atoms with Crippen molar-refractivity contribution in [3.8, 4) is 6.07 Å². The highest BCUT2D eigenvalue weighted by Gasteiger charge is 2.21. The van der Waals surface area contributed by atoms with Crippen LogP contribution in [0.2, 0.25) is 0 Å². The lowest BCUT2D eigenvalue weighted by atomic mass is 10.1. The number of hydrogen-bond acceptors (Lipinski definition) is 4. The van der Waals surface area contributed by atoms with E-state index < -0.39 is 0 Å². The average Bonchev–Trinajstić information content (AvgIpc) is 2.63. The molecule has 136 valence electrons. The minimum atomic E-state index is 0. The Balaban J connectivity index is 0.00000243. The van der Waals surface area contributed by atoms with Gasteiger partial charge in [0, 0.05) is 38.4 Å². The molecule has 0 spiro atoms. The van der Waals surface area contributed by atoms with Crippen LogP contribution in [0.15, 0.2) is 42.5 Å². The number of rotatable bonds is 4. The van der Waals surface area contributed by atoms with E-state index in [0.29, 0.717) is 5.56 Å². The first-order chi connectivity index (χ1) is 12.2. The normalized spacial score (nSPS) is 14.9. The van der Waals surface area contributed by atoms with Gasteiger partial charge in [0.2, 0.25) is 0 Å². The predicted molar refractivity (Wildman–Crippen MR) is 110 cm³/mol. The van der Waals surface area contributed by atoms with Crippen LogP contribution in [0.5, 0.6) is 0 Å². The van der Waals surface area contributed by atoms with Gasteiger partial charge in [-0.25, -0.2) is 4.98 Å². The molecule has 0 radical (unpaired) electrons. The summed E-state index contributed by atoms with van der Waals surface area (Å²) >= 11 is 0. The topological polar surface area (TPSA) is 43.2 Å². The highest BCUT2D eigenvalue weighted by Crippen LogP contribution is 2.23. The van der Waals surface area contributed by atoms with E-state index in [9.17, 15) is 5.26 Å². The summed E-state index contributed by atoms with van der Waals surface area (Å²) in [6.07, 6.45) is 4.40. The second-order valence-electron chi connectivity index (χ2n) is 6.49. The molecule has 0 atom stereocenters. The highest BCUT2D eigenvalue weighted by molar-refractivity contribution is 5.85. The van der Waals surface area contributed by atoms with Crippen molar-refractivity contribution in [3.63, 3.8) is 0 Å². The third kappa shape index (κ3) is 4.85. The number of benzene rings is 1. The van der Waals surface area contributed by atoms with Crippen molar-refractivity contribution in [2.45, 2.75) is 13.8 Å². The van der Waals surface area contributed by atoms with Crippen LogP contribution in [-0.2, 0) is 0 Å². The largest absolute Gasteiger partial charge is 0.353 e. The van der Waals surface area contributed by atoms with Crippen molar-refractivity contribution in [2.24, 2.45) is 0 Å². The van der Waals surface area contributed by atoms with Crippen molar-refractivity contribution < 1.29 is 0 Å². The second kappa shape index (κ2) is 9.38. The molecular formula is C21H25ClN4. The summed E-state index contributed by atoms with van der Waals surface area (Å²) in [5, 5.41) is 9.46. The maximum absolute atomic E-state index is 9.46. The molecule has 0 unspecified atom stereocenters. The molecule has 0 amide bonds. The molecule has 2 aromatic rings. The number of aryl methyl sites for hydroxylation is 2. The smallest absolute Gasteiger partial charge is 0.147 e. The van der Waals surface area contributed by atoms with Crippen LogP contribution in [0.3, 0.4) is 0 Å². The quantitative estimate of drug-likeness (QED) is 0.822. The fourth-order valence-electron chi connectivity index (χ4n) is 3.23. The van der Waals surface area contributed by atoms with Gasteiger partial charge in [-0.05, 0) is 31.0 Å². The molecule has 3 rings (SSSR count). The Morgan fingerprint density at radius 3 is 2.46 bits per heavy atom. The van der Waals surface area contributed by atoms with Crippen LogP contribution in [0.1, 0.15) is 22.4 Å². The van der Waals surface area contributed by atoms with Gasteiger partial charge in [0.15, 0.2) is 0 Å². The zero-order valence-electron chi connectivity index (χ0n) is 15.4. The second-order valence-corrected chi connectivity index (χ2v) is 6.49. The summed E-state index contributed by atoms with van der Waals surface area (Å²) in [5.41, 5.74) is 3.93. The van der Waals surface area contributed by atoms with E-state index in [-0.39, 0.29) is 12.4 Å². The van der Waals surface area contributed by atoms with Crippen LogP contribution in [-0.4, -0.2) is 42.6 Å². The SMILES string of the molecule is Cc1cc(C)c(C#N)c(N2CCN(CC=Cc3ccccc3)CC2)n1.Cl. The van der Waals surface area contributed by atoms with E-state index in [1.165, 1.54) is 5.56 Å². The number of aromatic nitrogens is 1. The molecule has 0 saturated carbocycles. The van der Waals surface area contributed by atoms with E-state index in [2.05, 4.69) is 57.3 Å². The number of nitrogens with zero attached hydrogens (tertiary/aromatic N) is 4. The molecule has 1 fully saturated rings. The van der Waals surface area contributed by atoms with Crippen molar-refractivity contribution in [2.75, 3.05) is 37.6 Å². The molecule has 1 aromatic heterocycles. The van der Waals surface area contributed by atoms with Crippen LogP contribution in [0.25, 0.3) is 6.08 Å². The molecule has 4 nitrogen and oxygen atoms in total. The van der Waals surface area contributed by atoms with Crippen molar-refractivity contribution in [3.05, 3.63) is 64.9 Å². The molecule has 0 aliphatic carbocycles. The maximum Gasteiger partial charge on any atom is 0.147 e. The number of pyridine rings is 1. The van der Waals surface area contributed by atoms with Crippen LogP contribution >= 0.6 is 12.4 Å². The Morgan fingerprint density at radius 1 is 1.12 bits per heavy atom. The first kappa shape index (κ1) is 20.0. The molecular weight excluding hydrogens is 344 g/mol. The molecule has 1 aliphatic rings. The summed E-state index contributed by atoms with van der Waals surface area (Å²) in [6.45, 7) is 8.71. The molecule has 0 bridgehead atoms. The van der Waals surface area contributed by atoms with Gasteiger partial charge in [-0.3, -0.25) is 4.90 Å². The van der Waals surface area contributed by atoms with E-state index in [1.54, 1.807) is 0 Å². The third-order valence-electron chi connectivity index (χ3n) is 4.58. The average molecular weight is 369 g/mol. The van der Waals surface area contributed by atoms with E-state index >= 15 is 0 Å². The summed E-state index contributed by atoms with van der Waals surface area (Å²) < 4.78 is 0. The third-order valence-corrected chi connectivity index (χ3v) is 4.58. The number of anilines is 1. The lowest BCUT2D eigenvalue weighted by molar-refractivity contribution is 0.283. The number of piperazine rings is 1. The predicted octanol–water partition coefficient (Wildman–Crippen LogP) is 3.83. The first-order valence-electron chi connectivity index (χ1n) is 8.74. The summed E-state index contributed by atoms with van der Waals surface area (Å²) in [6, 6.07) is 14.7. The Bertz CT molecular complexity index is 788. The highest BCUT2D eigenvalue weighted by atomic mass is 35.5. The van der Waals surface area contributed by atoms with Gasteiger partial charge in [-0.15, -0.1) is 12.4 Å². The van der Waals surface area contributed by atoms with Crippen LogP contribution in [0.4, 0.5) is 5.82 Å². The molecule has 2 heterocycles. The van der Waals surface area contributed by atoms with Gasteiger partial charge in [0.1, 0.15) is 11.9 Å². The number of halogens is 1. The summed E-state index contributed by atoms with van der Waals surface area (Å²) in [7, 11) is 0. The zero-order chi connectivity index (χ0) is 17.6. The zero-order valence-corrected chi connectivity index (χ0v) is 16.2. The minimum Gasteiger partial charge on any atom is -0.353 e. The first-order valence-corrected chi connectivity index (χ1v) is 8.74.